The van der Waals surface area contributed by atoms with Crippen LogP contribution in [0.3, 0.4) is 0 Å². The van der Waals surface area contributed by atoms with Crippen molar-refractivity contribution in [1.82, 2.24) is 9.80 Å². The Bertz CT molecular complexity index is 170. The van der Waals surface area contributed by atoms with Crippen LogP contribution in [0.5, 0.6) is 0 Å². The minimum absolute atomic E-state index is 0.327. The summed E-state index contributed by atoms with van der Waals surface area (Å²) < 4.78 is 0. The first-order chi connectivity index (χ1) is 6.25. The first-order valence-corrected chi connectivity index (χ1v) is 5.47. The fraction of sp³-hybridized carbons (Fsp3) is 1.00. The second-order valence-electron chi connectivity index (χ2n) is 4.57. The number of piperazine rings is 1. The van der Waals surface area contributed by atoms with Crippen LogP contribution in [-0.2, 0) is 0 Å². The highest BCUT2D eigenvalue weighted by Crippen LogP contribution is 2.21. The summed E-state index contributed by atoms with van der Waals surface area (Å²) in [5.41, 5.74) is 5.81. The van der Waals surface area contributed by atoms with Crippen molar-refractivity contribution in [3.8, 4) is 0 Å². The van der Waals surface area contributed by atoms with Gasteiger partial charge in [-0.15, -0.1) is 0 Å². The molecule has 0 radical (unpaired) electrons. The molecular weight excluding hydrogens is 162 g/mol. The number of rotatable bonds is 2. The molecule has 0 unspecified atom stereocenters. The third-order valence-corrected chi connectivity index (χ3v) is 3.22. The van der Waals surface area contributed by atoms with Gasteiger partial charge in [0.1, 0.15) is 0 Å². The Balaban J connectivity index is 1.83. The van der Waals surface area contributed by atoms with Crippen molar-refractivity contribution in [3.63, 3.8) is 0 Å². The molecule has 0 spiro atoms. The summed E-state index contributed by atoms with van der Waals surface area (Å²) in [4.78, 5) is 5.16. The van der Waals surface area contributed by atoms with Gasteiger partial charge in [0.15, 0.2) is 0 Å². The highest BCUT2D eigenvalue weighted by molar-refractivity contribution is 4.87. The Kier molecular flexibility index (Phi) is 2.86. The number of fused-ring (bicyclic) bond motifs is 1. The van der Waals surface area contributed by atoms with E-state index >= 15 is 0 Å². The molecule has 3 heteroatoms. The maximum atomic E-state index is 5.81. The average molecular weight is 183 g/mol. The number of nitrogens with two attached hydrogens (primary N) is 1. The SMILES string of the molecule is C[C@H](N)CN1CCN2CCC[C@@H]2C1. The minimum atomic E-state index is 0.327. The largest absolute Gasteiger partial charge is 0.327 e. The average Bonchev–Trinajstić information content (AvgIpc) is 2.49. The van der Waals surface area contributed by atoms with Gasteiger partial charge in [0.2, 0.25) is 0 Å². The van der Waals surface area contributed by atoms with E-state index < -0.39 is 0 Å². The predicted molar refractivity (Wildman–Crippen MR) is 54.7 cm³/mol. The van der Waals surface area contributed by atoms with Crippen molar-refractivity contribution in [2.75, 3.05) is 32.7 Å². The fourth-order valence-corrected chi connectivity index (χ4v) is 2.63. The molecule has 2 atom stereocenters. The van der Waals surface area contributed by atoms with Crippen molar-refractivity contribution < 1.29 is 0 Å². The van der Waals surface area contributed by atoms with E-state index in [0.29, 0.717) is 6.04 Å². The molecular formula is C10H21N3. The summed E-state index contributed by atoms with van der Waals surface area (Å²) in [6.45, 7) is 8.24. The predicted octanol–water partition coefficient (Wildman–Crippen LogP) is 0.114. The van der Waals surface area contributed by atoms with Crippen molar-refractivity contribution in [2.24, 2.45) is 5.73 Å². The lowest BCUT2D eigenvalue weighted by Crippen LogP contribution is -2.52. The Hall–Kier alpha value is -0.120. The smallest absolute Gasteiger partial charge is 0.0224 e. The van der Waals surface area contributed by atoms with Crippen molar-refractivity contribution in [1.29, 1.82) is 0 Å². The second kappa shape index (κ2) is 3.95. The highest BCUT2D eigenvalue weighted by Gasteiger charge is 2.30. The Morgan fingerprint density at radius 1 is 1.38 bits per heavy atom. The van der Waals surface area contributed by atoms with Gasteiger partial charge in [0, 0.05) is 38.3 Å². The number of nitrogens with zero attached hydrogens (tertiary/aromatic N) is 2. The molecule has 2 aliphatic rings. The molecule has 2 heterocycles. The molecule has 13 heavy (non-hydrogen) atoms. The zero-order valence-corrected chi connectivity index (χ0v) is 8.58. The molecule has 0 aliphatic carbocycles. The second-order valence-corrected chi connectivity index (χ2v) is 4.57. The van der Waals surface area contributed by atoms with Gasteiger partial charge < -0.3 is 5.73 Å². The molecule has 0 saturated carbocycles. The van der Waals surface area contributed by atoms with Gasteiger partial charge in [-0.1, -0.05) is 0 Å². The molecule has 2 rings (SSSR count). The van der Waals surface area contributed by atoms with Crippen LogP contribution in [0.1, 0.15) is 19.8 Å². The fourth-order valence-electron chi connectivity index (χ4n) is 2.63. The molecule has 0 amide bonds. The summed E-state index contributed by atoms with van der Waals surface area (Å²) in [7, 11) is 0. The minimum Gasteiger partial charge on any atom is -0.327 e. The Labute approximate surface area is 80.9 Å². The lowest BCUT2D eigenvalue weighted by atomic mass is 10.1. The molecule has 0 aromatic carbocycles. The third kappa shape index (κ3) is 2.22. The summed E-state index contributed by atoms with van der Waals surface area (Å²) in [6, 6.07) is 1.17. The van der Waals surface area contributed by atoms with Gasteiger partial charge in [-0.2, -0.15) is 0 Å². The Morgan fingerprint density at radius 2 is 2.23 bits per heavy atom. The zero-order valence-electron chi connectivity index (χ0n) is 8.58. The molecule has 2 fully saturated rings. The van der Waals surface area contributed by atoms with Crippen LogP contribution in [0, 0.1) is 0 Å². The van der Waals surface area contributed by atoms with Crippen LogP contribution in [0.2, 0.25) is 0 Å². The normalized spacial score (nSPS) is 33.2. The van der Waals surface area contributed by atoms with Gasteiger partial charge in [0.05, 0.1) is 0 Å². The first kappa shape index (κ1) is 9.44. The van der Waals surface area contributed by atoms with Crippen LogP contribution in [0.25, 0.3) is 0 Å². The van der Waals surface area contributed by atoms with Gasteiger partial charge in [0.25, 0.3) is 0 Å². The molecule has 3 nitrogen and oxygen atoms in total. The van der Waals surface area contributed by atoms with Crippen LogP contribution in [0.15, 0.2) is 0 Å². The van der Waals surface area contributed by atoms with Crippen LogP contribution >= 0.6 is 0 Å². The summed E-state index contributed by atoms with van der Waals surface area (Å²) in [5.74, 6) is 0. The third-order valence-electron chi connectivity index (χ3n) is 3.22. The van der Waals surface area contributed by atoms with Crippen LogP contribution in [-0.4, -0.2) is 54.6 Å². The van der Waals surface area contributed by atoms with Gasteiger partial charge in [-0.05, 0) is 26.3 Å². The topological polar surface area (TPSA) is 32.5 Å². The highest BCUT2D eigenvalue weighted by atomic mass is 15.3. The monoisotopic (exact) mass is 183 g/mol. The van der Waals surface area contributed by atoms with Crippen molar-refractivity contribution >= 4 is 0 Å². The number of hydrogen-bond acceptors (Lipinski definition) is 3. The van der Waals surface area contributed by atoms with E-state index in [9.17, 15) is 0 Å². The molecule has 0 aromatic rings. The lowest BCUT2D eigenvalue weighted by molar-refractivity contribution is 0.101. The standard InChI is InChI=1S/C10H21N3/c1-9(11)7-12-5-6-13-4-2-3-10(13)8-12/h9-10H,2-8,11H2,1H3/t9-,10+/m0/s1. The van der Waals surface area contributed by atoms with Gasteiger partial charge >= 0.3 is 0 Å². The van der Waals surface area contributed by atoms with E-state index in [1.807, 2.05) is 0 Å². The van der Waals surface area contributed by atoms with E-state index in [1.165, 1.54) is 39.0 Å². The Morgan fingerprint density at radius 3 is 3.00 bits per heavy atom. The van der Waals surface area contributed by atoms with Crippen LogP contribution in [0.4, 0.5) is 0 Å². The van der Waals surface area contributed by atoms with E-state index in [0.717, 1.165) is 12.6 Å². The maximum Gasteiger partial charge on any atom is 0.0224 e. The molecule has 0 aromatic heterocycles. The number of hydrogen-bond donors (Lipinski definition) is 1. The summed E-state index contributed by atoms with van der Waals surface area (Å²) in [5, 5.41) is 0. The van der Waals surface area contributed by atoms with Crippen LogP contribution < -0.4 is 5.73 Å². The molecule has 2 saturated heterocycles. The molecule has 76 valence electrons. The van der Waals surface area contributed by atoms with E-state index in [4.69, 9.17) is 5.73 Å². The maximum absolute atomic E-state index is 5.81. The van der Waals surface area contributed by atoms with E-state index in [2.05, 4.69) is 16.7 Å². The molecule has 2 aliphatic heterocycles. The van der Waals surface area contributed by atoms with Crippen molar-refractivity contribution in [3.05, 3.63) is 0 Å². The molecule has 2 N–H and O–H groups in total. The molecule has 0 bridgehead atoms. The van der Waals surface area contributed by atoms with Gasteiger partial charge in [-0.25, -0.2) is 0 Å². The van der Waals surface area contributed by atoms with E-state index in [-0.39, 0.29) is 0 Å². The summed E-state index contributed by atoms with van der Waals surface area (Å²) in [6.07, 6.45) is 2.80. The lowest BCUT2D eigenvalue weighted by Gasteiger charge is -2.38. The van der Waals surface area contributed by atoms with Crippen molar-refractivity contribution in [2.45, 2.75) is 31.8 Å². The summed E-state index contributed by atoms with van der Waals surface area (Å²) >= 11 is 0. The zero-order chi connectivity index (χ0) is 9.26. The quantitative estimate of drug-likeness (QED) is 0.660. The first-order valence-electron chi connectivity index (χ1n) is 5.47. The van der Waals surface area contributed by atoms with Gasteiger partial charge in [-0.3, -0.25) is 9.80 Å². The van der Waals surface area contributed by atoms with E-state index in [1.54, 1.807) is 0 Å².